The van der Waals surface area contributed by atoms with Gasteiger partial charge in [0.25, 0.3) is 5.56 Å². The fraction of sp³-hybridized carbons (Fsp3) is 0.406. The van der Waals surface area contributed by atoms with Gasteiger partial charge in [0.1, 0.15) is 17.1 Å². The van der Waals surface area contributed by atoms with Crippen LogP contribution in [-0.4, -0.2) is 91.3 Å². The molecule has 0 amide bonds. The third-order valence-electron chi connectivity index (χ3n) is 8.81. The zero-order valence-electron chi connectivity index (χ0n) is 25.1. The number of hydrogen-bond acceptors (Lipinski definition) is 7. The van der Waals surface area contributed by atoms with E-state index in [9.17, 15) is 22.0 Å². The first-order valence-electron chi connectivity index (χ1n) is 14.8. The summed E-state index contributed by atoms with van der Waals surface area (Å²) in [5.74, 6) is -1.69. The van der Waals surface area contributed by atoms with Crippen LogP contribution >= 0.6 is 0 Å². The van der Waals surface area contributed by atoms with Crippen LogP contribution in [0.1, 0.15) is 18.5 Å². The Bertz CT molecular complexity index is 1860. The topological polar surface area (TPSA) is 90.9 Å². The summed E-state index contributed by atoms with van der Waals surface area (Å²) in [6.07, 6.45) is 5.12. The molecule has 2 aromatic heterocycles. The minimum Gasteiger partial charge on any atom is -0.454 e. The van der Waals surface area contributed by atoms with E-state index >= 15 is 0 Å². The molecule has 4 heterocycles. The minimum atomic E-state index is -3.61. The average Bonchev–Trinajstić information content (AvgIpc) is 3.41. The second kappa shape index (κ2) is 12.1. The number of piperidine rings is 1. The second-order valence-corrected chi connectivity index (χ2v) is 14.0. The molecule has 1 N–H and O–H groups in total. The number of aromatic amines is 1. The first kappa shape index (κ1) is 30.4. The quantitative estimate of drug-likeness (QED) is 0.329. The van der Waals surface area contributed by atoms with Gasteiger partial charge in [-0.2, -0.15) is 0 Å². The van der Waals surface area contributed by atoms with Crippen LogP contribution in [0.5, 0.6) is 11.5 Å². The molecule has 9 nitrogen and oxygen atoms in total. The molecular formula is C32H37F2N5O4S. The summed E-state index contributed by atoms with van der Waals surface area (Å²) in [6.45, 7) is 6.74. The van der Waals surface area contributed by atoms with Crippen molar-refractivity contribution in [2.45, 2.75) is 30.3 Å². The van der Waals surface area contributed by atoms with Crippen LogP contribution in [0.2, 0.25) is 0 Å². The molecule has 0 spiro atoms. The summed E-state index contributed by atoms with van der Waals surface area (Å²) >= 11 is 0. The highest BCUT2D eigenvalue weighted by Crippen LogP contribution is 2.39. The maximum Gasteiger partial charge on any atom is 0.274 e. The van der Waals surface area contributed by atoms with Crippen LogP contribution < -0.4 is 10.3 Å². The van der Waals surface area contributed by atoms with Gasteiger partial charge in [0.15, 0.2) is 21.4 Å². The molecule has 2 aliphatic heterocycles. The van der Waals surface area contributed by atoms with Crippen molar-refractivity contribution in [3.05, 3.63) is 76.3 Å². The van der Waals surface area contributed by atoms with Crippen molar-refractivity contribution in [1.29, 1.82) is 0 Å². The Morgan fingerprint density at radius 2 is 1.61 bits per heavy atom. The lowest BCUT2D eigenvalue weighted by atomic mass is 10.0. The molecule has 2 aliphatic rings. The maximum absolute atomic E-state index is 14.6. The van der Waals surface area contributed by atoms with Crippen molar-refractivity contribution < 1.29 is 21.9 Å². The molecule has 0 unspecified atom stereocenters. The lowest BCUT2D eigenvalue weighted by Gasteiger charge is -2.42. The number of rotatable bonds is 7. The summed E-state index contributed by atoms with van der Waals surface area (Å²) in [7, 11) is 0.189. The molecule has 234 valence electrons. The summed E-state index contributed by atoms with van der Waals surface area (Å²) in [5.41, 5.74) is 1.92. The lowest BCUT2D eigenvalue weighted by molar-refractivity contribution is 0.0614. The third-order valence-corrected chi connectivity index (χ3v) is 9.92. The number of likely N-dealkylation sites (tertiary alicyclic amines) is 1. The molecule has 4 aromatic rings. The fourth-order valence-electron chi connectivity index (χ4n) is 6.29. The highest BCUT2D eigenvalue weighted by molar-refractivity contribution is 7.90. The predicted octanol–water partition coefficient (Wildman–Crippen LogP) is 4.22. The number of sulfone groups is 1. The summed E-state index contributed by atoms with van der Waals surface area (Å²) in [6, 6.07) is 9.82. The van der Waals surface area contributed by atoms with Crippen molar-refractivity contribution in [3.8, 4) is 22.6 Å². The molecule has 2 fully saturated rings. The van der Waals surface area contributed by atoms with Gasteiger partial charge in [0, 0.05) is 86.5 Å². The van der Waals surface area contributed by atoms with Crippen molar-refractivity contribution in [3.63, 3.8) is 0 Å². The molecule has 44 heavy (non-hydrogen) atoms. The number of benzene rings is 2. The van der Waals surface area contributed by atoms with Gasteiger partial charge < -0.3 is 19.2 Å². The van der Waals surface area contributed by atoms with Gasteiger partial charge >= 0.3 is 0 Å². The number of nitrogens with zero attached hydrogens (tertiary/aromatic N) is 4. The second-order valence-electron chi connectivity index (χ2n) is 12.0. The van der Waals surface area contributed by atoms with E-state index < -0.39 is 21.5 Å². The average molecular weight is 626 g/mol. The van der Waals surface area contributed by atoms with Crippen molar-refractivity contribution in [1.82, 2.24) is 24.3 Å². The van der Waals surface area contributed by atoms with Crippen molar-refractivity contribution in [2.75, 3.05) is 52.6 Å². The number of H-pyrrole nitrogens is 1. The monoisotopic (exact) mass is 625 g/mol. The van der Waals surface area contributed by atoms with Gasteiger partial charge in [-0.1, -0.05) is 0 Å². The predicted molar refractivity (Wildman–Crippen MR) is 166 cm³/mol. The first-order valence-corrected chi connectivity index (χ1v) is 16.7. The number of hydrogen-bond donors (Lipinski definition) is 1. The zero-order valence-corrected chi connectivity index (χ0v) is 26.0. The van der Waals surface area contributed by atoms with Gasteiger partial charge in [0.2, 0.25) is 0 Å². The normalized spacial score (nSPS) is 17.8. The van der Waals surface area contributed by atoms with E-state index in [0.29, 0.717) is 34.6 Å². The summed E-state index contributed by atoms with van der Waals surface area (Å²) < 4.78 is 60.4. The Morgan fingerprint density at radius 3 is 2.30 bits per heavy atom. The number of piperazine rings is 1. The molecule has 0 radical (unpaired) electrons. The Balaban J connectivity index is 1.33. The Kier molecular flexibility index (Phi) is 8.35. The van der Waals surface area contributed by atoms with E-state index in [1.807, 2.05) is 6.07 Å². The molecule has 0 aliphatic carbocycles. The van der Waals surface area contributed by atoms with Crippen LogP contribution in [0, 0.1) is 11.6 Å². The Morgan fingerprint density at radius 1 is 0.909 bits per heavy atom. The third kappa shape index (κ3) is 6.30. The number of pyridine rings is 1. The number of aromatic nitrogens is 2. The standard InChI is InChI=1S/C32H37F2N5O4S/c1-36-10-8-23(9-11-36)39-14-12-38(13-15-39)19-22-17-26-27(20-37(2)32(40)31(26)35-22)25-18-24(44(3,41)42)5-7-29(25)43-30-6-4-21(33)16-28(30)34/h4-7,16-18,20,23,35H,8-15,19H2,1-3H3. The first-order chi connectivity index (χ1) is 21.0. The highest BCUT2D eigenvalue weighted by atomic mass is 32.2. The smallest absolute Gasteiger partial charge is 0.274 e. The zero-order chi connectivity index (χ0) is 31.2. The molecule has 12 heteroatoms. The lowest BCUT2D eigenvalue weighted by Crippen LogP contribution is -2.52. The Hall–Kier alpha value is -3.58. The van der Waals surface area contributed by atoms with Crippen molar-refractivity contribution >= 4 is 20.7 Å². The number of aryl methyl sites for hydroxylation is 1. The molecule has 0 saturated carbocycles. The maximum atomic E-state index is 14.6. The summed E-state index contributed by atoms with van der Waals surface area (Å²) in [5, 5.41) is 0.600. The highest BCUT2D eigenvalue weighted by Gasteiger charge is 2.27. The Labute approximate surface area is 255 Å². The van der Waals surface area contributed by atoms with Gasteiger partial charge in [-0.15, -0.1) is 0 Å². The number of fused-ring (bicyclic) bond motifs is 1. The van der Waals surface area contributed by atoms with E-state index in [1.54, 1.807) is 13.2 Å². The fourth-order valence-corrected chi connectivity index (χ4v) is 6.94. The largest absolute Gasteiger partial charge is 0.454 e. The molecule has 0 atom stereocenters. The number of halogens is 2. The van der Waals surface area contributed by atoms with Gasteiger partial charge in [-0.25, -0.2) is 17.2 Å². The molecule has 0 bridgehead atoms. The van der Waals surface area contributed by atoms with E-state index in [2.05, 4.69) is 26.7 Å². The van der Waals surface area contributed by atoms with Crippen LogP contribution in [0.3, 0.4) is 0 Å². The molecule has 2 saturated heterocycles. The van der Waals surface area contributed by atoms with E-state index in [1.165, 1.54) is 41.7 Å². The van der Waals surface area contributed by atoms with Crippen LogP contribution in [0.25, 0.3) is 22.0 Å². The van der Waals surface area contributed by atoms with Crippen LogP contribution in [0.15, 0.2) is 58.4 Å². The van der Waals surface area contributed by atoms with E-state index in [4.69, 9.17) is 4.74 Å². The molecule has 6 rings (SSSR count). The molecule has 2 aromatic carbocycles. The summed E-state index contributed by atoms with van der Waals surface area (Å²) in [4.78, 5) is 23.9. The van der Waals surface area contributed by atoms with Gasteiger partial charge in [-0.05, 0) is 69.4 Å². The van der Waals surface area contributed by atoms with Gasteiger partial charge in [0.05, 0.1) is 4.90 Å². The van der Waals surface area contributed by atoms with Crippen LogP contribution in [0.4, 0.5) is 8.78 Å². The van der Waals surface area contributed by atoms with E-state index in [-0.39, 0.29) is 22.0 Å². The van der Waals surface area contributed by atoms with Gasteiger partial charge in [-0.3, -0.25) is 14.6 Å². The van der Waals surface area contributed by atoms with Crippen LogP contribution in [-0.2, 0) is 23.4 Å². The number of ether oxygens (including phenoxy) is 1. The van der Waals surface area contributed by atoms with E-state index in [0.717, 1.165) is 63.4 Å². The molecular weight excluding hydrogens is 588 g/mol. The SMILES string of the molecule is CN1CCC(N2CCN(Cc3cc4c(-c5cc(S(C)(=O)=O)ccc5Oc5ccc(F)cc5F)cn(C)c(=O)c4[nH]3)CC2)CC1. The number of nitrogens with one attached hydrogen (secondary N) is 1. The minimum absolute atomic E-state index is 0.0414. The van der Waals surface area contributed by atoms with Crippen molar-refractivity contribution in [2.24, 2.45) is 7.05 Å².